The Morgan fingerprint density at radius 3 is 2.92 bits per heavy atom. The van der Waals surface area contributed by atoms with Gasteiger partial charge in [0.05, 0.1) is 16.3 Å². The molecule has 2 atom stereocenters. The summed E-state index contributed by atoms with van der Waals surface area (Å²) in [5, 5.41) is 1.50. The summed E-state index contributed by atoms with van der Waals surface area (Å²) in [7, 11) is 0. The third-order valence-electron chi connectivity index (χ3n) is 2.09. The predicted octanol–water partition coefficient (Wildman–Crippen LogP) is 2.74. The Labute approximate surface area is 82.6 Å². The topological polar surface area (TPSA) is 12.4 Å². The van der Waals surface area contributed by atoms with Crippen LogP contribution >= 0.6 is 11.8 Å². The van der Waals surface area contributed by atoms with Crippen LogP contribution in [0.5, 0.6) is 0 Å². The molecule has 2 aliphatic rings. The second-order valence-electron chi connectivity index (χ2n) is 3.01. The third kappa shape index (κ3) is 1.54. The van der Waals surface area contributed by atoms with Crippen molar-refractivity contribution in [3.05, 3.63) is 49.1 Å². The summed E-state index contributed by atoms with van der Waals surface area (Å²) < 4.78 is 0. The van der Waals surface area contributed by atoms with Crippen molar-refractivity contribution in [2.75, 3.05) is 0 Å². The Bertz CT molecular complexity index is 336. The van der Waals surface area contributed by atoms with Crippen molar-refractivity contribution in [1.82, 2.24) is 0 Å². The van der Waals surface area contributed by atoms with Gasteiger partial charge >= 0.3 is 0 Å². The van der Waals surface area contributed by atoms with Crippen LogP contribution < -0.4 is 0 Å². The number of hydrogen-bond donors (Lipinski definition) is 0. The highest BCUT2D eigenvalue weighted by atomic mass is 32.2. The van der Waals surface area contributed by atoms with Gasteiger partial charge in [0.2, 0.25) is 0 Å². The van der Waals surface area contributed by atoms with E-state index < -0.39 is 0 Å². The van der Waals surface area contributed by atoms with Gasteiger partial charge in [0.1, 0.15) is 0 Å². The minimum atomic E-state index is 0.307. The summed E-state index contributed by atoms with van der Waals surface area (Å²) in [6.45, 7) is 7.59. The number of allylic oxidation sites excluding steroid dienone is 3. The number of nitrogens with zero attached hydrogens (tertiary/aromatic N) is 1. The first-order valence-electron chi connectivity index (χ1n) is 4.22. The smallest absolute Gasteiger partial charge is 0.0985 e. The zero-order valence-electron chi connectivity index (χ0n) is 7.31. The van der Waals surface area contributed by atoms with E-state index >= 15 is 0 Å². The number of thioether (sulfide) groups is 1. The van der Waals surface area contributed by atoms with Gasteiger partial charge in [-0.25, -0.2) is 0 Å². The largest absolute Gasteiger partial charge is 0.269 e. The maximum Gasteiger partial charge on any atom is 0.0985 e. The molecule has 0 saturated heterocycles. The predicted molar refractivity (Wildman–Crippen MR) is 60.2 cm³/mol. The lowest BCUT2D eigenvalue weighted by molar-refractivity contribution is 0.862. The van der Waals surface area contributed by atoms with Gasteiger partial charge in [0, 0.05) is 0 Å². The fourth-order valence-corrected chi connectivity index (χ4v) is 2.48. The van der Waals surface area contributed by atoms with Crippen molar-refractivity contribution in [1.29, 1.82) is 0 Å². The molecule has 0 aromatic rings. The van der Waals surface area contributed by atoms with Crippen LogP contribution in [0.15, 0.2) is 54.1 Å². The first-order valence-corrected chi connectivity index (χ1v) is 5.10. The molecule has 1 heterocycles. The monoisotopic (exact) mass is 189 g/mol. The van der Waals surface area contributed by atoms with E-state index in [1.54, 1.807) is 17.8 Å². The van der Waals surface area contributed by atoms with Crippen LogP contribution in [0, 0.1) is 0 Å². The number of hydrogen-bond acceptors (Lipinski definition) is 2. The van der Waals surface area contributed by atoms with Crippen molar-refractivity contribution >= 4 is 16.8 Å². The highest BCUT2D eigenvalue weighted by Crippen LogP contribution is 2.33. The van der Waals surface area contributed by atoms with Crippen LogP contribution in [0.4, 0.5) is 0 Å². The minimum absolute atomic E-state index is 0.307. The van der Waals surface area contributed by atoms with E-state index in [2.05, 4.69) is 36.4 Å². The van der Waals surface area contributed by atoms with Gasteiger partial charge < -0.3 is 0 Å². The average molecular weight is 189 g/mol. The molecule has 1 aliphatic heterocycles. The van der Waals surface area contributed by atoms with Crippen LogP contribution in [0.1, 0.15) is 0 Å². The lowest BCUT2D eigenvalue weighted by Gasteiger charge is -2.10. The SMILES string of the molecule is C=CC(=C)C1=NC2C=CC=CC2S1. The molecule has 13 heavy (non-hydrogen) atoms. The summed E-state index contributed by atoms with van der Waals surface area (Å²) in [5.41, 5.74) is 0.932. The van der Waals surface area contributed by atoms with Gasteiger partial charge in [-0.3, -0.25) is 4.99 Å². The first-order chi connectivity index (χ1) is 6.31. The molecule has 0 saturated carbocycles. The maximum atomic E-state index is 4.55. The molecular weight excluding hydrogens is 178 g/mol. The van der Waals surface area contributed by atoms with Crippen LogP contribution in [0.3, 0.4) is 0 Å². The lowest BCUT2D eigenvalue weighted by atomic mass is 10.1. The average Bonchev–Trinajstić information content (AvgIpc) is 2.59. The normalized spacial score (nSPS) is 29.7. The van der Waals surface area contributed by atoms with Gasteiger partial charge in [-0.1, -0.05) is 55.3 Å². The van der Waals surface area contributed by atoms with E-state index in [0.29, 0.717) is 11.3 Å². The molecule has 0 radical (unpaired) electrons. The van der Waals surface area contributed by atoms with Crippen molar-refractivity contribution in [2.24, 2.45) is 4.99 Å². The Balaban J connectivity index is 2.20. The van der Waals surface area contributed by atoms with Crippen LogP contribution in [0.25, 0.3) is 0 Å². The first kappa shape index (κ1) is 8.57. The van der Waals surface area contributed by atoms with E-state index in [9.17, 15) is 0 Å². The van der Waals surface area contributed by atoms with Crippen molar-refractivity contribution in [2.45, 2.75) is 11.3 Å². The molecule has 1 nitrogen and oxygen atoms in total. The quantitative estimate of drug-likeness (QED) is 0.608. The summed E-state index contributed by atoms with van der Waals surface area (Å²) >= 11 is 1.77. The Kier molecular flexibility index (Phi) is 2.23. The van der Waals surface area contributed by atoms with Gasteiger partial charge in [0.25, 0.3) is 0 Å². The summed E-state index contributed by atoms with van der Waals surface area (Å²) in [5.74, 6) is 0. The molecule has 0 bridgehead atoms. The van der Waals surface area contributed by atoms with Crippen molar-refractivity contribution in [3.63, 3.8) is 0 Å². The molecule has 1 aliphatic carbocycles. The summed E-state index contributed by atoms with van der Waals surface area (Å²) in [6, 6.07) is 0.307. The molecule has 66 valence electrons. The van der Waals surface area contributed by atoms with Crippen molar-refractivity contribution < 1.29 is 0 Å². The number of aliphatic imine (C=N–C) groups is 1. The molecule has 0 spiro atoms. The Hall–Kier alpha value is -1.02. The van der Waals surface area contributed by atoms with E-state index in [1.165, 1.54) is 0 Å². The summed E-state index contributed by atoms with van der Waals surface area (Å²) in [6.07, 6.45) is 10.2. The van der Waals surface area contributed by atoms with E-state index in [4.69, 9.17) is 0 Å². The van der Waals surface area contributed by atoms with Gasteiger partial charge in [-0.15, -0.1) is 0 Å². The number of rotatable bonds is 2. The molecule has 0 fully saturated rings. The molecular formula is C11H11NS. The highest BCUT2D eigenvalue weighted by molar-refractivity contribution is 8.15. The molecule has 0 N–H and O–H groups in total. The van der Waals surface area contributed by atoms with E-state index in [1.807, 2.05) is 6.08 Å². The summed E-state index contributed by atoms with van der Waals surface area (Å²) in [4.78, 5) is 4.55. The fourth-order valence-electron chi connectivity index (χ4n) is 1.34. The lowest BCUT2D eigenvalue weighted by Crippen LogP contribution is -2.13. The van der Waals surface area contributed by atoms with E-state index in [-0.39, 0.29) is 0 Å². The second kappa shape index (κ2) is 3.38. The third-order valence-corrected chi connectivity index (χ3v) is 3.39. The van der Waals surface area contributed by atoms with Gasteiger partial charge in [-0.2, -0.15) is 0 Å². The van der Waals surface area contributed by atoms with Gasteiger partial charge in [-0.05, 0) is 5.57 Å². The number of fused-ring (bicyclic) bond motifs is 1. The van der Waals surface area contributed by atoms with Crippen molar-refractivity contribution in [3.8, 4) is 0 Å². The zero-order valence-corrected chi connectivity index (χ0v) is 8.13. The second-order valence-corrected chi connectivity index (χ2v) is 4.17. The Morgan fingerprint density at radius 1 is 1.46 bits per heavy atom. The highest BCUT2D eigenvalue weighted by Gasteiger charge is 2.27. The minimum Gasteiger partial charge on any atom is -0.269 e. The molecule has 2 unspecified atom stereocenters. The maximum absolute atomic E-state index is 4.55. The van der Waals surface area contributed by atoms with Gasteiger partial charge in [0.15, 0.2) is 0 Å². The standard InChI is InChI=1S/C11H11NS/c1-3-8(2)11-12-9-6-4-5-7-10(9)13-11/h3-7,9-10H,1-2H2. The van der Waals surface area contributed by atoms with Crippen LogP contribution in [-0.4, -0.2) is 16.3 Å². The van der Waals surface area contributed by atoms with Crippen LogP contribution in [0.2, 0.25) is 0 Å². The molecule has 0 aromatic heterocycles. The zero-order chi connectivity index (χ0) is 9.26. The molecule has 0 amide bonds. The van der Waals surface area contributed by atoms with E-state index in [0.717, 1.165) is 10.6 Å². The molecule has 2 heteroatoms. The molecule has 0 aromatic carbocycles. The fraction of sp³-hybridized carbons (Fsp3) is 0.182. The van der Waals surface area contributed by atoms with Crippen LogP contribution in [-0.2, 0) is 0 Å². The molecule has 2 rings (SSSR count). The Morgan fingerprint density at radius 2 is 2.23 bits per heavy atom.